The number of aliphatic hydroxyl groups is 1. The van der Waals surface area contributed by atoms with Gasteiger partial charge in [0.15, 0.2) is 0 Å². The van der Waals surface area contributed by atoms with Gasteiger partial charge in [-0.15, -0.1) is 0 Å². The number of nitrogens with one attached hydrogen (secondary N) is 1. The summed E-state index contributed by atoms with van der Waals surface area (Å²) in [5.41, 5.74) is 1.97. The molecule has 1 aromatic heterocycles. The molecular formula is C18H25N3O3. The molecule has 2 aromatic rings. The van der Waals surface area contributed by atoms with Crippen LogP contribution in [0.5, 0.6) is 5.75 Å². The van der Waals surface area contributed by atoms with Gasteiger partial charge < -0.3 is 15.5 Å². The van der Waals surface area contributed by atoms with Crippen LogP contribution in [0.25, 0.3) is 0 Å². The molecule has 0 spiro atoms. The molecule has 1 heterocycles. The summed E-state index contributed by atoms with van der Waals surface area (Å²) in [6.07, 6.45) is 0.474. The van der Waals surface area contributed by atoms with E-state index in [-0.39, 0.29) is 23.8 Å². The quantitative estimate of drug-likeness (QED) is 0.782. The topological polar surface area (TPSA) is 87.4 Å². The van der Waals surface area contributed by atoms with Gasteiger partial charge in [-0.2, -0.15) is 5.10 Å². The fraction of sp³-hybridized carbons (Fsp3) is 0.444. The lowest BCUT2D eigenvalue weighted by Crippen LogP contribution is -2.39. The molecule has 0 fully saturated rings. The number of aromatic nitrogens is 2. The summed E-state index contributed by atoms with van der Waals surface area (Å²) in [6, 6.07) is 8.03. The van der Waals surface area contributed by atoms with Gasteiger partial charge in [0.25, 0.3) is 5.91 Å². The normalized spacial score (nSPS) is 12.9. The summed E-state index contributed by atoms with van der Waals surface area (Å²) in [6.45, 7) is 7.81. The third kappa shape index (κ3) is 4.35. The summed E-state index contributed by atoms with van der Waals surface area (Å²) in [5, 5.41) is 26.0. The Hall–Kier alpha value is -2.34. The van der Waals surface area contributed by atoms with E-state index in [1.54, 1.807) is 30.3 Å². The number of carbonyl (C=O) groups excluding carboxylic acids is 1. The Morgan fingerprint density at radius 2 is 1.92 bits per heavy atom. The number of benzene rings is 1. The second-order valence-corrected chi connectivity index (χ2v) is 6.98. The van der Waals surface area contributed by atoms with E-state index in [1.807, 2.05) is 32.4 Å². The molecule has 0 aliphatic carbocycles. The van der Waals surface area contributed by atoms with Crippen LogP contribution in [0.15, 0.2) is 30.3 Å². The molecular weight excluding hydrogens is 306 g/mol. The number of amides is 1. The van der Waals surface area contributed by atoms with E-state index in [2.05, 4.69) is 10.4 Å². The molecule has 0 unspecified atom stereocenters. The van der Waals surface area contributed by atoms with Crippen molar-refractivity contribution in [2.24, 2.45) is 0 Å². The number of aliphatic hydroxyl groups excluding tert-OH is 1. The number of carbonyl (C=O) groups is 1. The lowest BCUT2D eigenvalue weighted by molar-refractivity contribution is 0.0910. The average molecular weight is 331 g/mol. The lowest BCUT2D eigenvalue weighted by atomic mass is 10.1. The predicted octanol–water partition coefficient (Wildman–Crippen LogP) is 1.99. The van der Waals surface area contributed by atoms with Crippen molar-refractivity contribution >= 4 is 5.91 Å². The van der Waals surface area contributed by atoms with Crippen LogP contribution >= 0.6 is 0 Å². The van der Waals surface area contributed by atoms with Crippen molar-refractivity contribution in [3.8, 4) is 5.75 Å². The van der Waals surface area contributed by atoms with Crippen LogP contribution in [0, 0.1) is 6.92 Å². The smallest absolute Gasteiger partial charge is 0.272 e. The zero-order valence-corrected chi connectivity index (χ0v) is 14.6. The molecule has 2 rings (SSSR count). The van der Waals surface area contributed by atoms with Crippen LogP contribution in [0.1, 0.15) is 42.5 Å². The number of aryl methyl sites for hydroxylation is 1. The number of phenols is 1. The molecule has 0 aliphatic heterocycles. The van der Waals surface area contributed by atoms with E-state index in [0.29, 0.717) is 12.1 Å². The first-order chi connectivity index (χ1) is 11.2. The third-order valence-corrected chi connectivity index (χ3v) is 3.73. The maximum atomic E-state index is 12.4. The fourth-order valence-electron chi connectivity index (χ4n) is 2.60. The Labute approximate surface area is 142 Å². The van der Waals surface area contributed by atoms with Crippen molar-refractivity contribution in [1.82, 2.24) is 15.1 Å². The minimum atomic E-state index is -0.415. The standard InChI is InChI=1S/C18H25N3O3/c1-12-9-16(20-21(12)18(2,3)4)17(24)19-14(11-22)10-13-5-7-15(23)8-6-13/h5-9,14,22-23H,10-11H2,1-4H3,(H,19,24)/t14-/m0/s1. The largest absolute Gasteiger partial charge is 0.508 e. The van der Waals surface area contributed by atoms with Crippen LogP contribution in [0.3, 0.4) is 0 Å². The molecule has 6 heteroatoms. The Balaban J connectivity index is 2.08. The minimum absolute atomic E-state index is 0.175. The second-order valence-electron chi connectivity index (χ2n) is 6.98. The highest BCUT2D eigenvalue weighted by Gasteiger charge is 2.21. The van der Waals surface area contributed by atoms with Gasteiger partial charge in [-0.05, 0) is 57.9 Å². The lowest BCUT2D eigenvalue weighted by Gasteiger charge is -2.21. The zero-order valence-electron chi connectivity index (χ0n) is 14.6. The average Bonchev–Trinajstić information content (AvgIpc) is 2.91. The molecule has 6 nitrogen and oxygen atoms in total. The Kier molecular flexibility index (Phi) is 5.29. The van der Waals surface area contributed by atoms with Crippen molar-refractivity contribution in [1.29, 1.82) is 0 Å². The highest BCUT2D eigenvalue weighted by molar-refractivity contribution is 5.92. The highest BCUT2D eigenvalue weighted by Crippen LogP contribution is 2.17. The van der Waals surface area contributed by atoms with Gasteiger partial charge in [0.2, 0.25) is 0 Å². The Morgan fingerprint density at radius 1 is 1.29 bits per heavy atom. The van der Waals surface area contributed by atoms with Crippen LogP contribution in [0.4, 0.5) is 0 Å². The number of aromatic hydroxyl groups is 1. The molecule has 0 saturated heterocycles. The Morgan fingerprint density at radius 3 is 2.42 bits per heavy atom. The van der Waals surface area contributed by atoms with Crippen molar-refractivity contribution in [3.63, 3.8) is 0 Å². The van der Waals surface area contributed by atoms with Gasteiger partial charge in [-0.1, -0.05) is 12.1 Å². The summed E-state index contributed by atoms with van der Waals surface area (Å²) in [5.74, 6) is -0.120. The summed E-state index contributed by atoms with van der Waals surface area (Å²) < 4.78 is 1.82. The summed E-state index contributed by atoms with van der Waals surface area (Å²) in [7, 11) is 0. The number of hydrogen-bond acceptors (Lipinski definition) is 4. The minimum Gasteiger partial charge on any atom is -0.508 e. The molecule has 0 aliphatic rings. The van der Waals surface area contributed by atoms with Crippen LogP contribution in [-0.4, -0.2) is 38.5 Å². The fourth-order valence-corrected chi connectivity index (χ4v) is 2.60. The molecule has 0 saturated carbocycles. The van der Waals surface area contributed by atoms with E-state index >= 15 is 0 Å². The molecule has 0 radical (unpaired) electrons. The molecule has 1 amide bonds. The molecule has 1 aromatic carbocycles. The molecule has 130 valence electrons. The van der Waals surface area contributed by atoms with E-state index in [1.165, 1.54) is 0 Å². The second kappa shape index (κ2) is 7.05. The molecule has 24 heavy (non-hydrogen) atoms. The van der Waals surface area contributed by atoms with Crippen molar-refractivity contribution < 1.29 is 15.0 Å². The monoisotopic (exact) mass is 331 g/mol. The number of nitrogens with zero attached hydrogens (tertiary/aromatic N) is 2. The van der Waals surface area contributed by atoms with E-state index in [0.717, 1.165) is 11.3 Å². The van der Waals surface area contributed by atoms with Gasteiger partial charge in [0, 0.05) is 5.69 Å². The van der Waals surface area contributed by atoms with Gasteiger partial charge >= 0.3 is 0 Å². The van der Waals surface area contributed by atoms with Crippen LogP contribution < -0.4 is 5.32 Å². The van der Waals surface area contributed by atoms with Crippen LogP contribution in [0.2, 0.25) is 0 Å². The van der Waals surface area contributed by atoms with E-state index in [4.69, 9.17) is 0 Å². The third-order valence-electron chi connectivity index (χ3n) is 3.73. The SMILES string of the molecule is Cc1cc(C(=O)N[C@H](CO)Cc2ccc(O)cc2)nn1C(C)(C)C. The van der Waals surface area contributed by atoms with Crippen molar-refractivity contribution in [3.05, 3.63) is 47.3 Å². The van der Waals surface area contributed by atoms with Gasteiger partial charge in [0.1, 0.15) is 11.4 Å². The summed E-state index contributed by atoms with van der Waals surface area (Å²) >= 11 is 0. The molecule has 1 atom stereocenters. The first-order valence-corrected chi connectivity index (χ1v) is 7.97. The van der Waals surface area contributed by atoms with E-state index in [9.17, 15) is 15.0 Å². The van der Waals surface area contributed by atoms with Crippen molar-refractivity contribution in [2.75, 3.05) is 6.61 Å². The zero-order chi connectivity index (χ0) is 17.9. The maximum absolute atomic E-state index is 12.4. The van der Waals surface area contributed by atoms with Gasteiger partial charge in [0.05, 0.1) is 18.2 Å². The maximum Gasteiger partial charge on any atom is 0.272 e. The van der Waals surface area contributed by atoms with Crippen LogP contribution in [-0.2, 0) is 12.0 Å². The number of rotatable bonds is 5. The highest BCUT2D eigenvalue weighted by atomic mass is 16.3. The summed E-state index contributed by atoms with van der Waals surface area (Å²) in [4.78, 5) is 12.4. The Bertz CT molecular complexity index is 699. The number of phenolic OH excluding ortho intramolecular Hbond substituents is 1. The van der Waals surface area contributed by atoms with Gasteiger partial charge in [-0.25, -0.2) is 0 Å². The van der Waals surface area contributed by atoms with E-state index < -0.39 is 6.04 Å². The van der Waals surface area contributed by atoms with Gasteiger partial charge in [-0.3, -0.25) is 9.48 Å². The molecule has 0 bridgehead atoms. The predicted molar refractivity (Wildman–Crippen MR) is 92.1 cm³/mol. The first kappa shape index (κ1) is 18.0. The number of hydrogen-bond donors (Lipinski definition) is 3. The first-order valence-electron chi connectivity index (χ1n) is 7.97. The molecule has 3 N–H and O–H groups in total. The van der Waals surface area contributed by atoms with Crippen molar-refractivity contribution in [2.45, 2.75) is 45.7 Å².